The summed E-state index contributed by atoms with van der Waals surface area (Å²) in [6.07, 6.45) is 4.82. The number of para-hydroxylation sites is 1. The highest BCUT2D eigenvalue weighted by atomic mass is 35.5. The molecule has 1 aromatic carbocycles. The molecule has 0 unspecified atom stereocenters. The van der Waals surface area contributed by atoms with Crippen LogP contribution >= 0.6 is 23.2 Å². The van der Waals surface area contributed by atoms with Crippen LogP contribution in [0, 0.1) is 0 Å². The highest BCUT2D eigenvalue weighted by molar-refractivity contribution is 6.37. The minimum Gasteiger partial charge on any atom is -0.490 e. The molecule has 2 nitrogen and oxygen atoms in total. The molecular weight excluding hydrogens is 257 g/mol. The Morgan fingerprint density at radius 3 is 2.53 bits per heavy atom. The number of hydrogen-bond acceptors (Lipinski definition) is 2. The predicted molar refractivity (Wildman–Crippen MR) is 72.2 cm³/mol. The average Bonchev–Trinajstić information content (AvgIpc) is 3.10. The van der Waals surface area contributed by atoms with Crippen LogP contribution in [0.2, 0.25) is 10.0 Å². The second-order valence-corrected chi connectivity index (χ2v) is 5.15. The molecule has 1 aliphatic carbocycles. The molecule has 0 atom stereocenters. The maximum atomic E-state index is 6.00. The minimum absolute atomic E-state index is 0.577. The molecule has 1 N–H and O–H groups in total. The summed E-state index contributed by atoms with van der Waals surface area (Å²) in [4.78, 5) is 0. The van der Waals surface area contributed by atoms with E-state index in [9.17, 15) is 0 Å². The quantitative estimate of drug-likeness (QED) is 0.761. The first-order valence-corrected chi connectivity index (χ1v) is 6.83. The van der Waals surface area contributed by atoms with Gasteiger partial charge < -0.3 is 10.1 Å². The molecule has 0 amide bonds. The Hall–Kier alpha value is -0.440. The van der Waals surface area contributed by atoms with Crippen LogP contribution in [0.4, 0.5) is 0 Å². The van der Waals surface area contributed by atoms with Gasteiger partial charge in [0.2, 0.25) is 0 Å². The molecular formula is C13H17Cl2NO. The summed E-state index contributed by atoms with van der Waals surface area (Å²) in [5.74, 6) is 0.603. The number of ether oxygens (including phenoxy) is 1. The summed E-state index contributed by atoms with van der Waals surface area (Å²) in [7, 11) is 0. The Balaban J connectivity index is 1.63. The maximum absolute atomic E-state index is 6.00. The number of halogens is 2. The monoisotopic (exact) mass is 273 g/mol. The van der Waals surface area contributed by atoms with E-state index >= 15 is 0 Å². The van der Waals surface area contributed by atoms with Crippen molar-refractivity contribution < 1.29 is 4.74 Å². The van der Waals surface area contributed by atoms with E-state index in [1.54, 1.807) is 12.1 Å². The summed E-state index contributed by atoms with van der Waals surface area (Å²) >= 11 is 12.0. The molecule has 0 aliphatic heterocycles. The molecule has 1 saturated carbocycles. The van der Waals surface area contributed by atoms with Crippen molar-refractivity contribution in [2.75, 3.05) is 13.2 Å². The Kier molecular flexibility index (Phi) is 4.96. The van der Waals surface area contributed by atoms with Gasteiger partial charge in [0.05, 0.1) is 16.7 Å². The lowest BCUT2D eigenvalue weighted by atomic mass is 10.3. The fourth-order valence-electron chi connectivity index (χ4n) is 1.62. The molecule has 1 fully saturated rings. The molecule has 1 aliphatic rings. The molecule has 1 aromatic rings. The first-order chi connectivity index (χ1) is 8.27. The number of benzene rings is 1. The summed E-state index contributed by atoms with van der Waals surface area (Å²) in [6.45, 7) is 1.74. The Labute approximate surface area is 112 Å². The van der Waals surface area contributed by atoms with Crippen molar-refractivity contribution >= 4 is 23.2 Å². The standard InChI is InChI=1S/C13H17Cl2NO/c14-11-4-3-5-12(15)13(11)17-9-2-1-8-16-10-6-7-10/h3-5,10,16H,1-2,6-9H2. The SMILES string of the molecule is Clc1cccc(Cl)c1OCCCCNC1CC1. The van der Waals surface area contributed by atoms with E-state index in [0.717, 1.165) is 25.4 Å². The first-order valence-electron chi connectivity index (χ1n) is 6.07. The van der Waals surface area contributed by atoms with Gasteiger partial charge >= 0.3 is 0 Å². The van der Waals surface area contributed by atoms with Gasteiger partial charge in [-0.3, -0.25) is 0 Å². The van der Waals surface area contributed by atoms with Gasteiger partial charge in [0, 0.05) is 6.04 Å². The molecule has 2 rings (SSSR count). The summed E-state index contributed by atoms with van der Waals surface area (Å²) in [5, 5.41) is 4.63. The van der Waals surface area contributed by atoms with E-state index in [0.29, 0.717) is 22.4 Å². The smallest absolute Gasteiger partial charge is 0.156 e. The number of rotatable bonds is 7. The zero-order valence-electron chi connectivity index (χ0n) is 9.72. The van der Waals surface area contributed by atoms with Crippen molar-refractivity contribution in [1.82, 2.24) is 5.32 Å². The summed E-state index contributed by atoms with van der Waals surface area (Å²) in [5.41, 5.74) is 0. The maximum Gasteiger partial charge on any atom is 0.156 e. The van der Waals surface area contributed by atoms with Gasteiger partial charge in [-0.15, -0.1) is 0 Å². The Bertz CT molecular complexity index is 346. The Morgan fingerprint density at radius 1 is 1.18 bits per heavy atom. The highest BCUT2D eigenvalue weighted by Gasteiger charge is 2.19. The van der Waals surface area contributed by atoms with E-state index in [2.05, 4.69) is 5.32 Å². The van der Waals surface area contributed by atoms with Gasteiger partial charge in [0.15, 0.2) is 5.75 Å². The lowest BCUT2D eigenvalue weighted by molar-refractivity contribution is 0.306. The first kappa shape index (κ1) is 13.0. The highest BCUT2D eigenvalue weighted by Crippen LogP contribution is 2.32. The van der Waals surface area contributed by atoms with Crippen molar-refractivity contribution in [1.29, 1.82) is 0 Å². The van der Waals surface area contributed by atoms with Gasteiger partial charge in [0.25, 0.3) is 0 Å². The van der Waals surface area contributed by atoms with E-state index in [-0.39, 0.29) is 0 Å². The van der Waals surface area contributed by atoms with Gasteiger partial charge in [-0.2, -0.15) is 0 Å². The van der Waals surface area contributed by atoms with Crippen LogP contribution in [0.1, 0.15) is 25.7 Å². The predicted octanol–water partition coefficient (Wildman–Crippen LogP) is 3.90. The number of hydrogen-bond donors (Lipinski definition) is 1. The largest absolute Gasteiger partial charge is 0.490 e. The third kappa shape index (κ3) is 4.38. The van der Waals surface area contributed by atoms with Gasteiger partial charge in [-0.25, -0.2) is 0 Å². The van der Waals surface area contributed by atoms with Crippen LogP contribution in [0.5, 0.6) is 5.75 Å². The molecule has 0 radical (unpaired) electrons. The van der Waals surface area contributed by atoms with Gasteiger partial charge in [0.1, 0.15) is 0 Å². The molecule has 0 bridgehead atoms. The zero-order valence-corrected chi connectivity index (χ0v) is 11.2. The molecule has 0 spiro atoms. The lowest BCUT2D eigenvalue weighted by Gasteiger charge is -2.09. The molecule has 0 saturated heterocycles. The normalized spacial score (nSPS) is 14.9. The van der Waals surface area contributed by atoms with Gasteiger partial charge in [-0.1, -0.05) is 29.3 Å². The summed E-state index contributed by atoms with van der Waals surface area (Å²) in [6, 6.07) is 6.18. The molecule has 94 valence electrons. The van der Waals surface area contributed by atoms with E-state index in [4.69, 9.17) is 27.9 Å². The van der Waals surface area contributed by atoms with E-state index < -0.39 is 0 Å². The molecule has 0 aromatic heterocycles. The number of nitrogens with one attached hydrogen (secondary N) is 1. The van der Waals surface area contributed by atoms with E-state index in [1.165, 1.54) is 12.8 Å². The average molecular weight is 274 g/mol. The minimum atomic E-state index is 0.577. The van der Waals surface area contributed by atoms with Crippen molar-refractivity contribution in [2.45, 2.75) is 31.7 Å². The van der Waals surface area contributed by atoms with Crippen molar-refractivity contribution in [3.05, 3.63) is 28.2 Å². The van der Waals surface area contributed by atoms with E-state index in [1.807, 2.05) is 6.07 Å². The van der Waals surface area contributed by atoms with Crippen molar-refractivity contribution in [3.63, 3.8) is 0 Å². The molecule has 17 heavy (non-hydrogen) atoms. The van der Waals surface area contributed by atoms with Crippen LogP contribution < -0.4 is 10.1 Å². The second-order valence-electron chi connectivity index (χ2n) is 4.33. The van der Waals surface area contributed by atoms with Crippen LogP contribution in [0.3, 0.4) is 0 Å². The van der Waals surface area contributed by atoms with Crippen LogP contribution in [0.25, 0.3) is 0 Å². The Morgan fingerprint density at radius 2 is 1.88 bits per heavy atom. The summed E-state index contributed by atoms with van der Waals surface area (Å²) < 4.78 is 5.60. The fourth-order valence-corrected chi connectivity index (χ4v) is 2.12. The molecule has 0 heterocycles. The topological polar surface area (TPSA) is 21.3 Å². The second kappa shape index (κ2) is 6.48. The third-order valence-corrected chi connectivity index (χ3v) is 3.34. The fraction of sp³-hybridized carbons (Fsp3) is 0.538. The van der Waals surface area contributed by atoms with Crippen LogP contribution in [-0.2, 0) is 0 Å². The lowest BCUT2D eigenvalue weighted by Crippen LogP contribution is -2.17. The number of unbranched alkanes of at least 4 members (excludes halogenated alkanes) is 1. The van der Waals surface area contributed by atoms with Crippen molar-refractivity contribution in [2.24, 2.45) is 0 Å². The van der Waals surface area contributed by atoms with Crippen LogP contribution in [-0.4, -0.2) is 19.2 Å². The zero-order chi connectivity index (χ0) is 12.1. The molecule has 4 heteroatoms. The third-order valence-electron chi connectivity index (χ3n) is 2.75. The van der Waals surface area contributed by atoms with Gasteiger partial charge in [-0.05, 0) is 44.4 Å². The van der Waals surface area contributed by atoms with Crippen molar-refractivity contribution in [3.8, 4) is 5.75 Å². The van der Waals surface area contributed by atoms with Crippen LogP contribution in [0.15, 0.2) is 18.2 Å².